The lowest BCUT2D eigenvalue weighted by molar-refractivity contribution is 0.0819. The summed E-state index contributed by atoms with van der Waals surface area (Å²) < 4.78 is 0. The lowest BCUT2D eigenvalue weighted by Gasteiger charge is -2.35. The first-order valence-electron chi connectivity index (χ1n) is 5.77. The molecule has 3 N–H and O–H groups in total. The van der Waals surface area contributed by atoms with E-state index in [1.165, 1.54) is 19.1 Å². The SMILES string of the molecule is OCCN1C(O)=C(O)C=NC1C1CCCC1. The molecule has 1 aliphatic carbocycles. The fourth-order valence-electron chi connectivity index (χ4n) is 2.54. The Hall–Kier alpha value is -1.23. The van der Waals surface area contributed by atoms with Crippen LogP contribution in [0.25, 0.3) is 0 Å². The predicted octanol–water partition coefficient (Wildman–Crippen LogP) is 1.17. The summed E-state index contributed by atoms with van der Waals surface area (Å²) in [5.74, 6) is 0.0293. The van der Waals surface area contributed by atoms with Gasteiger partial charge < -0.3 is 20.2 Å². The zero-order valence-corrected chi connectivity index (χ0v) is 9.21. The van der Waals surface area contributed by atoms with Crippen LogP contribution in [-0.4, -0.2) is 45.8 Å². The van der Waals surface area contributed by atoms with Crippen molar-refractivity contribution < 1.29 is 15.3 Å². The topological polar surface area (TPSA) is 76.3 Å². The monoisotopic (exact) mass is 226 g/mol. The second-order valence-corrected chi connectivity index (χ2v) is 4.36. The Kier molecular flexibility index (Phi) is 3.33. The molecule has 1 atom stereocenters. The lowest BCUT2D eigenvalue weighted by Crippen LogP contribution is -2.42. The summed E-state index contributed by atoms with van der Waals surface area (Å²) in [4.78, 5) is 5.85. The highest BCUT2D eigenvalue weighted by Gasteiger charge is 2.33. The van der Waals surface area contributed by atoms with Crippen molar-refractivity contribution in [2.75, 3.05) is 13.2 Å². The fraction of sp³-hybridized carbons (Fsp3) is 0.727. The molecular formula is C11H18N2O3. The number of allylic oxidation sites excluding steroid dienone is 1. The summed E-state index contributed by atoms with van der Waals surface area (Å²) in [6.45, 7) is 0.241. The van der Waals surface area contributed by atoms with Crippen molar-refractivity contribution in [3.05, 3.63) is 11.6 Å². The van der Waals surface area contributed by atoms with Gasteiger partial charge in [0, 0.05) is 6.54 Å². The minimum absolute atomic E-state index is 0.0594. The largest absolute Gasteiger partial charge is 0.502 e. The molecule has 1 fully saturated rings. The highest BCUT2D eigenvalue weighted by molar-refractivity contribution is 5.76. The summed E-state index contributed by atoms with van der Waals surface area (Å²) in [6.07, 6.45) is 5.76. The summed E-state index contributed by atoms with van der Waals surface area (Å²) in [7, 11) is 0. The van der Waals surface area contributed by atoms with Crippen LogP contribution in [-0.2, 0) is 0 Å². The smallest absolute Gasteiger partial charge is 0.233 e. The highest BCUT2D eigenvalue weighted by Crippen LogP contribution is 2.33. The molecule has 0 spiro atoms. The molecule has 0 radical (unpaired) electrons. The van der Waals surface area contributed by atoms with Gasteiger partial charge in [0.05, 0.1) is 12.8 Å². The van der Waals surface area contributed by atoms with Crippen LogP contribution in [0, 0.1) is 5.92 Å². The van der Waals surface area contributed by atoms with Crippen molar-refractivity contribution in [1.29, 1.82) is 0 Å². The number of hydrogen-bond donors (Lipinski definition) is 3. The van der Waals surface area contributed by atoms with Crippen LogP contribution in [0.3, 0.4) is 0 Å². The molecule has 0 saturated heterocycles. The number of aliphatic imine (C=N–C) groups is 1. The van der Waals surface area contributed by atoms with Crippen molar-refractivity contribution in [3.63, 3.8) is 0 Å². The maximum atomic E-state index is 9.75. The summed E-state index contributed by atoms with van der Waals surface area (Å²) >= 11 is 0. The van der Waals surface area contributed by atoms with Crippen LogP contribution < -0.4 is 0 Å². The van der Waals surface area contributed by atoms with Crippen LogP contribution in [0.15, 0.2) is 16.6 Å². The van der Waals surface area contributed by atoms with Gasteiger partial charge in [-0.2, -0.15) is 0 Å². The molecule has 16 heavy (non-hydrogen) atoms. The van der Waals surface area contributed by atoms with E-state index in [9.17, 15) is 10.2 Å². The van der Waals surface area contributed by atoms with Gasteiger partial charge in [-0.05, 0) is 18.8 Å². The molecule has 90 valence electrons. The molecule has 0 aromatic rings. The van der Waals surface area contributed by atoms with Gasteiger partial charge in [0.2, 0.25) is 5.88 Å². The van der Waals surface area contributed by atoms with Crippen LogP contribution in [0.1, 0.15) is 25.7 Å². The molecule has 0 amide bonds. The minimum atomic E-state index is -0.220. The van der Waals surface area contributed by atoms with Gasteiger partial charge >= 0.3 is 0 Å². The van der Waals surface area contributed by atoms with E-state index < -0.39 is 0 Å². The Morgan fingerprint density at radius 3 is 2.62 bits per heavy atom. The number of aliphatic hydroxyl groups excluding tert-OH is 3. The van der Waals surface area contributed by atoms with E-state index in [-0.39, 0.29) is 24.4 Å². The molecule has 2 aliphatic rings. The molecule has 0 aromatic heterocycles. The predicted molar refractivity (Wildman–Crippen MR) is 60.3 cm³/mol. The summed E-state index contributed by atoms with van der Waals surface area (Å²) in [5, 5.41) is 28.1. The lowest BCUT2D eigenvalue weighted by atomic mass is 10.0. The molecule has 5 nitrogen and oxygen atoms in total. The van der Waals surface area contributed by atoms with Crippen molar-refractivity contribution in [3.8, 4) is 0 Å². The Balaban J connectivity index is 2.15. The molecule has 1 aliphatic heterocycles. The van der Waals surface area contributed by atoms with Gasteiger partial charge in [-0.15, -0.1) is 0 Å². The zero-order valence-electron chi connectivity index (χ0n) is 9.21. The van der Waals surface area contributed by atoms with Gasteiger partial charge in [0.15, 0.2) is 5.76 Å². The third-order valence-corrected chi connectivity index (χ3v) is 3.33. The van der Waals surface area contributed by atoms with Gasteiger partial charge in [-0.3, -0.25) is 4.99 Å². The molecule has 1 unspecified atom stereocenters. The Morgan fingerprint density at radius 1 is 1.31 bits per heavy atom. The van der Waals surface area contributed by atoms with Gasteiger partial charge in [0.1, 0.15) is 6.17 Å². The maximum Gasteiger partial charge on any atom is 0.233 e. The quantitative estimate of drug-likeness (QED) is 0.675. The average Bonchev–Trinajstić information content (AvgIpc) is 2.79. The number of rotatable bonds is 3. The van der Waals surface area contributed by atoms with Crippen LogP contribution in [0.5, 0.6) is 0 Å². The first kappa shape index (κ1) is 11.3. The standard InChI is InChI=1S/C11H18N2O3/c14-6-5-13-10(8-3-1-2-4-8)12-7-9(15)11(13)16/h7-8,10,14-16H,1-6H2. The summed E-state index contributed by atoms with van der Waals surface area (Å²) in [5.41, 5.74) is 0. The first-order chi connectivity index (χ1) is 7.74. The van der Waals surface area contributed by atoms with E-state index in [2.05, 4.69) is 4.99 Å². The first-order valence-corrected chi connectivity index (χ1v) is 5.77. The second-order valence-electron chi connectivity index (χ2n) is 4.36. The van der Waals surface area contributed by atoms with E-state index in [0.717, 1.165) is 12.8 Å². The third-order valence-electron chi connectivity index (χ3n) is 3.33. The maximum absolute atomic E-state index is 9.75. The number of aliphatic hydroxyl groups is 3. The molecule has 0 aromatic carbocycles. The van der Waals surface area contributed by atoms with Crippen LogP contribution in [0.4, 0.5) is 0 Å². The van der Waals surface area contributed by atoms with Crippen molar-refractivity contribution >= 4 is 6.21 Å². The Morgan fingerprint density at radius 2 is 2.00 bits per heavy atom. The van der Waals surface area contributed by atoms with Gasteiger partial charge in [0.25, 0.3) is 0 Å². The number of β-amino-alcohol motifs (C(OH)–C–C–N with tert-alkyl or cyclic N) is 1. The molecule has 5 heteroatoms. The molecule has 1 saturated carbocycles. The van der Waals surface area contributed by atoms with E-state index >= 15 is 0 Å². The highest BCUT2D eigenvalue weighted by atomic mass is 16.3. The molecular weight excluding hydrogens is 208 g/mol. The Labute approximate surface area is 94.7 Å². The van der Waals surface area contributed by atoms with Gasteiger partial charge in [-0.25, -0.2) is 0 Å². The van der Waals surface area contributed by atoms with Crippen LogP contribution in [0.2, 0.25) is 0 Å². The van der Waals surface area contributed by atoms with E-state index in [4.69, 9.17) is 5.11 Å². The third kappa shape index (κ3) is 2.00. The van der Waals surface area contributed by atoms with E-state index in [1.54, 1.807) is 4.90 Å². The fourth-order valence-corrected chi connectivity index (χ4v) is 2.54. The van der Waals surface area contributed by atoms with Crippen molar-refractivity contribution in [2.24, 2.45) is 10.9 Å². The van der Waals surface area contributed by atoms with Crippen molar-refractivity contribution in [1.82, 2.24) is 4.90 Å². The molecule has 1 heterocycles. The summed E-state index contributed by atoms with van der Waals surface area (Å²) in [6, 6.07) is 0. The van der Waals surface area contributed by atoms with E-state index in [1.807, 2.05) is 0 Å². The second kappa shape index (κ2) is 4.74. The Bertz CT molecular complexity index is 308. The van der Waals surface area contributed by atoms with Gasteiger partial charge in [-0.1, -0.05) is 12.8 Å². The number of nitrogens with zero attached hydrogens (tertiary/aromatic N) is 2. The van der Waals surface area contributed by atoms with Crippen molar-refractivity contribution in [2.45, 2.75) is 31.8 Å². The molecule has 2 rings (SSSR count). The van der Waals surface area contributed by atoms with Crippen LogP contribution >= 0.6 is 0 Å². The molecule has 0 bridgehead atoms. The minimum Gasteiger partial charge on any atom is -0.502 e. The zero-order chi connectivity index (χ0) is 11.5. The van der Waals surface area contributed by atoms with E-state index in [0.29, 0.717) is 12.5 Å². The number of hydrogen-bond acceptors (Lipinski definition) is 5. The average molecular weight is 226 g/mol. The normalized spacial score (nSPS) is 26.8.